The minimum Gasteiger partial charge on any atom is -0.370 e. The molecular weight excluding hydrogens is 330 g/mol. The van der Waals surface area contributed by atoms with Crippen LogP contribution in [0.5, 0.6) is 0 Å². The molecule has 2 aromatic rings. The Morgan fingerprint density at radius 2 is 1.96 bits per heavy atom. The Kier molecular flexibility index (Phi) is 6.41. The van der Waals surface area contributed by atoms with Crippen LogP contribution in [0.25, 0.3) is 0 Å². The Hall–Kier alpha value is -1.60. The summed E-state index contributed by atoms with van der Waals surface area (Å²) in [5.41, 5.74) is 0.468. The SMILES string of the molecule is CCCCCNc1ccc(NS(=O)(=O)c2ccc(CC)s2)cn1. The summed E-state index contributed by atoms with van der Waals surface area (Å²) in [6.45, 7) is 5.04. The topological polar surface area (TPSA) is 71.1 Å². The summed E-state index contributed by atoms with van der Waals surface area (Å²) < 4.78 is 27.5. The van der Waals surface area contributed by atoms with Crippen LogP contribution in [0, 0.1) is 0 Å². The van der Waals surface area contributed by atoms with E-state index in [0.29, 0.717) is 9.90 Å². The fraction of sp³-hybridized carbons (Fsp3) is 0.438. The van der Waals surface area contributed by atoms with Crippen molar-refractivity contribution in [2.24, 2.45) is 0 Å². The van der Waals surface area contributed by atoms with Crippen LogP contribution in [0.1, 0.15) is 38.0 Å². The summed E-state index contributed by atoms with van der Waals surface area (Å²) in [4.78, 5) is 5.29. The zero-order chi connectivity index (χ0) is 16.7. The Labute approximate surface area is 142 Å². The van der Waals surface area contributed by atoms with Crippen LogP contribution in [0.2, 0.25) is 0 Å². The van der Waals surface area contributed by atoms with E-state index in [0.717, 1.165) is 30.1 Å². The largest absolute Gasteiger partial charge is 0.370 e. The first-order valence-corrected chi connectivity index (χ1v) is 10.2. The van der Waals surface area contributed by atoms with Gasteiger partial charge in [0.25, 0.3) is 10.0 Å². The van der Waals surface area contributed by atoms with E-state index >= 15 is 0 Å². The van der Waals surface area contributed by atoms with Crippen molar-refractivity contribution in [3.63, 3.8) is 0 Å². The lowest BCUT2D eigenvalue weighted by Gasteiger charge is -2.08. The highest BCUT2D eigenvalue weighted by Crippen LogP contribution is 2.24. The highest BCUT2D eigenvalue weighted by molar-refractivity contribution is 7.94. The van der Waals surface area contributed by atoms with E-state index in [1.807, 2.05) is 13.0 Å². The molecule has 0 bridgehead atoms. The molecule has 23 heavy (non-hydrogen) atoms. The zero-order valence-corrected chi connectivity index (χ0v) is 15.1. The lowest BCUT2D eigenvalue weighted by Crippen LogP contribution is -2.12. The van der Waals surface area contributed by atoms with Crippen LogP contribution in [0.4, 0.5) is 11.5 Å². The van der Waals surface area contributed by atoms with Crippen molar-refractivity contribution in [2.45, 2.75) is 43.7 Å². The molecule has 7 heteroatoms. The predicted molar refractivity (Wildman–Crippen MR) is 96.8 cm³/mol. The van der Waals surface area contributed by atoms with E-state index < -0.39 is 10.0 Å². The third kappa shape index (κ3) is 5.21. The van der Waals surface area contributed by atoms with E-state index in [1.54, 1.807) is 18.2 Å². The van der Waals surface area contributed by atoms with Gasteiger partial charge >= 0.3 is 0 Å². The van der Waals surface area contributed by atoms with Gasteiger partial charge in [0.15, 0.2) is 0 Å². The molecule has 2 N–H and O–H groups in total. The molecule has 2 aromatic heterocycles. The van der Waals surface area contributed by atoms with Crippen molar-refractivity contribution >= 4 is 32.9 Å². The summed E-state index contributed by atoms with van der Waals surface area (Å²) >= 11 is 1.29. The van der Waals surface area contributed by atoms with E-state index in [9.17, 15) is 8.42 Å². The monoisotopic (exact) mass is 353 g/mol. The number of anilines is 2. The molecule has 126 valence electrons. The van der Waals surface area contributed by atoms with Crippen molar-refractivity contribution in [3.05, 3.63) is 35.3 Å². The summed E-state index contributed by atoms with van der Waals surface area (Å²) in [6.07, 6.45) is 5.84. The Morgan fingerprint density at radius 3 is 2.57 bits per heavy atom. The molecule has 0 saturated carbocycles. The average molecular weight is 354 g/mol. The highest BCUT2D eigenvalue weighted by Gasteiger charge is 2.16. The maximum Gasteiger partial charge on any atom is 0.271 e. The van der Waals surface area contributed by atoms with Gasteiger partial charge in [0.1, 0.15) is 10.0 Å². The summed E-state index contributed by atoms with van der Waals surface area (Å²) in [5, 5.41) is 3.23. The van der Waals surface area contributed by atoms with Gasteiger partial charge in [-0.1, -0.05) is 26.7 Å². The Bertz CT molecular complexity index is 709. The van der Waals surface area contributed by atoms with Crippen molar-refractivity contribution < 1.29 is 8.42 Å². The van der Waals surface area contributed by atoms with Gasteiger partial charge in [0, 0.05) is 11.4 Å². The fourth-order valence-corrected chi connectivity index (χ4v) is 4.39. The molecule has 0 saturated heterocycles. The van der Waals surface area contributed by atoms with Crippen molar-refractivity contribution in [1.82, 2.24) is 4.98 Å². The van der Waals surface area contributed by atoms with Gasteiger partial charge in [0.2, 0.25) is 0 Å². The predicted octanol–water partition coefficient (Wildman–Crippen LogP) is 4.11. The number of nitrogens with one attached hydrogen (secondary N) is 2. The second kappa shape index (κ2) is 8.31. The maximum atomic E-state index is 12.3. The van der Waals surface area contributed by atoms with Crippen LogP contribution < -0.4 is 10.0 Å². The quantitative estimate of drug-likeness (QED) is 0.666. The fourth-order valence-electron chi connectivity index (χ4n) is 2.05. The second-order valence-electron chi connectivity index (χ2n) is 5.25. The Balaban J connectivity index is 1.97. The smallest absolute Gasteiger partial charge is 0.271 e. The van der Waals surface area contributed by atoms with Crippen LogP contribution in [-0.4, -0.2) is 19.9 Å². The molecule has 5 nitrogen and oxygen atoms in total. The number of nitrogens with zero attached hydrogens (tertiary/aromatic N) is 1. The summed E-state index contributed by atoms with van der Waals surface area (Å²) in [7, 11) is -3.53. The summed E-state index contributed by atoms with van der Waals surface area (Å²) in [5.74, 6) is 0.758. The van der Waals surface area contributed by atoms with E-state index in [4.69, 9.17) is 0 Å². The molecule has 0 aliphatic carbocycles. The third-order valence-electron chi connectivity index (χ3n) is 3.35. The molecule has 0 aromatic carbocycles. The van der Waals surface area contributed by atoms with Gasteiger partial charge in [-0.05, 0) is 37.1 Å². The number of rotatable bonds is 9. The van der Waals surface area contributed by atoms with Gasteiger partial charge in [-0.15, -0.1) is 11.3 Å². The van der Waals surface area contributed by atoms with E-state index in [-0.39, 0.29) is 0 Å². The molecule has 0 unspecified atom stereocenters. The molecule has 0 aliphatic rings. The minimum absolute atomic E-state index is 0.330. The standard InChI is InChI=1S/C16H23N3O2S2/c1-3-5-6-11-17-15-9-7-13(12-18-15)19-23(20,21)16-10-8-14(4-2)22-16/h7-10,12,19H,3-6,11H2,1-2H3,(H,17,18). The molecule has 0 fully saturated rings. The third-order valence-corrected chi connectivity index (χ3v) is 6.46. The Morgan fingerprint density at radius 1 is 1.13 bits per heavy atom. The molecule has 2 heterocycles. The molecule has 0 atom stereocenters. The van der Waals surface area contributed by atoms with Gasteiger partial charge in [-0.3, -0.25) is 4.72 Å². The van der Waals surface area contributed by atoms with Gasteiger partial charge < -0.3 is 5.32 Å². The van der Waals surface area contributed by atoms with Gasteiger partial charge in [-0.2, -0.15) is 0 Å². The van der Waals surface area contributed by atoms with Crippen molar-refractivity contribution in [1.29, 1.82) is 0 Å². The van der Waals surface area contributed by atoms with Crippen molar-refractivity contribution in [2.75, 3.05) is 16.6 Å². The number of pyridine rings is 1. The van der Waals surface area contributed by atoms with E-state index in [2.05, 4.69) is 21.9 Å². The van der Waals surface area contributed by atoms with Crippen molar-refractivity contribution in [3.8, 4) is 0 Å². The lowest BCUT2D eigenvalue weighted by atomic mass is 10.2. The normalized spacial score (nSPS) is 11.4. The molecule has 0 aliphatic heterocycles. The summed E-state index contributed by atoms with van der Waals surface area (Å²) in [6, 6.07) is 7.00. The van der Waals surface area contributed by atoms with E-state index in [1.165, 1.54) is 30.4 Å². The van der Waals surface area contributed by atoms with Crippen LogP contribution in [0.3, 0.4) is 0 Å². The van der Waals surface area contributed by atoms with Gasteiger partial charge in [-0.25, -0.2) is 13.4 Å². The minimum atomic E-state index is -3.53. The number of aromatic nitrogens is 1. The number of hydrogen-bond donors (Lipinski definition) is 2. The maximum absolute atomic E-state index is 12.3. The average Bonchev–Trinajstić information content (AvgIpc) is 3.03. The number of aryl methyl sites for hydroxylation is 1. The first kappa shape index (κ1) is 17.7. The highest BCUT2D eigenvalue weighted by atomic mass is 32.2. The second-order valence-corrected chi connectivity index (χ2v) is 8.32. The zero-order valence-electron chi connectivity index (χ0n) is 13.5. The van der Waals surface area contributed by atoms with Crippen LogP contribution >= 0.6 is 11.3 Å². The van der Waals surface area contributed by atoms with Crippen LogP contribution in [0.15, 0.2) is 34.7 Å². The number of unbranched alkanes of at least 4 members (excludes halogenated alkanes) is 2. The molecular formula is C16H23N3O2S2. The number of sulfonamides is 1. The molecule has 2 rings (SSSR count). The molecule has 0 spiro atoms. The van der Waals surface area contributed by atoms with Gasteiger partial charge in [0.05, 0.1) is 11.9 Å². The number of hydrogen-bond acceptors (Lipinski definition) is 5. The molecule has 0 amide bonds. The lowest BCUT2D eigenvalue weighted by molar-refractivity contribution is 0.603. The van der Waals surface area contributed by atoms with Crippen LogP contribution in [-0.2, 0) is 16.4 Å². The first-order valence-electron chi connectivity index (χ1n) is 7.86. The molecule has 0 radical (unpaired) electrons. The number of thiophene rings is 1. The first-order chi connectivity index (χ1) is 11.0.